The van der Waals surface area contributed by atoms with Crippen LogP contribution in [0.15, 0.2) is 36.4 Å². The van der Waals surface area contributed by atoms with Crippen LogP contribution < -0.4 is 14.8 Å². The molecule has 0 saturated carbocycles. The van der Waals surface area contributed by atoms with Crippen LogP contribution in [0, 0.1) is 17.0 Å². The molecule has 29 heavy (non-hydrogen) atoms. The van der Waals surface area contributed by atoms with Crippen LogP contribution >= 0.6 is 0 Å². The number of nitrogens with one attached hydrogen (secondary N) is 1. The van der Waals surface area contributed by atoms with E-state index in [1.807, 2.05) is 6.92 Å². The Balaban J connectivity index is 2.37. The molecule has 9 heteroatoms. The summed E-state index contributed by atoms with van der Waals surface area (Å²) in [5, 5.41) is 23.0. The number of carboxylic acid groups (broad SMARTS) is 1. The smallest absolute Gasteiger partial charge is 0.305 e. The lowest BCUT2D eigenvalue weighted by molar-refractivity contribution is -0.385. The number of methoxy groups -OCH3 is 1. The van der Waals surface area contributed by atoms with Gasteiger partial charge in [0.05, 0.1) is 31.1 Å². The van der Waals surface area contributed by atoms with E-state index < -0.39 is 22.8 Å². The maximum Gasteiger partial charge on any atom is 0.305 e. The van der Waals surface area contributed by atoms with Crippen molar-refractivity contribution in [2.24, 2.45) is 0 Å². The zero-order valence-electron chi connectivity index (χ0n) is 16.3. The Bertz CT molecular complexity index is 927. The number of nitro groups is 1. The third-order valence-electron chi connectivity index (χ3n) is 4.32. The standard InChI is InChI=1S/C20H22N2O7/c1-4-29-17-9-8-13(10-18(17)28-3)15(11-19(23)24)21-20(25)14-6-5-7-16(12(14)2)22(26)27/h5-10,15H,4,11H2,1-3H3,(H,21,25)(H,23,24)/t15-/m1/s1. The van der Waals surface area contributed by atoms with Crippen molar-refractivity contribution >= 4 is 17.6 Å². The third kappa shape index (κ3) is 5.22. The number of hydrogen-bond donors (Lipinski definition) is 2. The first-order valence-electron chi connectivity index (χ1n) is 8.85. The van der Waals surface area contributed by atoms with Gasteiger partial charge in [0.2, 0.25) is 0 Å². The van der Waals surface area contributed by atoms with Crippen molar-refractivity contribution in [1.29, 1.82) is 0 Å². The maximum atomic E-state index is 12.7. The number of benzene rings is 2. The fourth-order valence-electron chi connectivity index (χ4n) is 2.91. The highest BCUT2D eigenvalue weighted by Gasteiger charge is 2.23. The minimum Gasteiger partial charge on any atom is -0.493 e. The molecule has 0 fully saturated rings. The largest absolute Gasteiger partial charge is 0.493 e. The molecule has 2 aromatic carbocycles. The van der Waals surface area contributed by atoms with Crippen molar-refractivity contribution < 1.29 is 29.1 Å². The molecular weight excluding hydrogens is 380 g/mol. The summed E-state index contributed by atoms with van der Waals surface area (Å²) < 4.78 is 10.7. The van der Waals surface area contributed by atoms with Crippen LogP contribution in [0.3, 0.4) is 0 Å². The molecular formula is C20H22N2O7. The van der Waals surface area contributed by atoms with E-state index in [2.05, 4.69) is 5.32 Å². The molecule has 0 spiro atoms. The van der Waals surface area contributed by atoms with Crippen LogP contribution in [0.1, 0.15) is 40.9 Å². The number of aliphatic carboxylic acids is 1. The zero-order chi connectivity index (χ0) is 21.6. The molecule has 2 rings (SSSR count). The van der Waals surface area contributed by atoms with Crippen LogP contribution in [-0.2, 0) is 4.79 Å². The summed E-state index contributed by atoms with van der Waals surface area (Å²) in [4.78, 5) is 34.6. The van der Waals surface area contributed by atoms with Crippen molar-refractivity contribution in [2.45, 2.75) is 26.3 Å². The Morgan fingerprint density at radius 3 is 2.55 bits per heavy atom. The van der Waals surface area contributed by atoms with Crippen LogP contribution in [0.4, 0.5) is 5.69 Å². The summed E-state index contributed by atoms with van der Waals surface area (Å²) >= 11 is 0. The van der Waals surface area contributed by atoms with Crippen LogP contribution in [0.2, 0.25) is 0 Å². The maximum absolute atomic E-state index is 12.7. The first-order chi connectivity index (χ1) is 13.8. The second-order valence-electron chi connectivity index (χ2n) is 6.17. The van der Waals surface area contributed by atoms with Gasteiger partial charge in [0, 0.05) is 17.2 Å². The fourth-order valence-corrected chi connectivity index (χ4v) is 2.91. The summed E-state index contributed by atoms with van der Waals surface area (Å²) in [6.07, 6.45) is -0.378. The zero-order valence-corrected chi connectivity index (χ0v) is 16.3. The van der Waals surface area contributed by atoms with E-state index >= 15 is 0 Å². The van der Waals surface area contributed by atoms with Gasteiger partial charge in [-0.2, -0.15) is 0 Å². The predicted molar refractivity (Wildman–Crippen MR) is 104 cm³/mol. The predicted octanol–water partition coefficient (Wildman–Crippen LogP) is 3.26. The minimum absolute atomic E-state index is 0.104. The normalized spacial score (nSPS) is 11.4. The van der Waals surface area contributed by atoms with Crippen LogP contribution in [0.5, 0.6) is 11.5 Å². The Labute approximate surface area is 167 Å². The first-order valence-corrected chi connectivity index (χ1v) is 8.85. The molecule has 0 aliphatic rings. The highest BCUT2D eigenvalue weighted by atomic mass is 16.6. The number of nitro benzene ring substituents is 1. The van der Waals surface area contributed by atoms with E-state index in [9.17, 15) is 24.8 Å². The third-order valence-corrected chi connectivity index (χ3v) is 4.32. The molecule has 0 aliphatic carbocycles. The van der Waals surface area contributed by atoms with Gasteiger partial charge in [0.25, 0.3) is 11.6 Å². The van der Waals surface area contributed by atoms with E-state index in [0.717, 1.165) is 0 Å². The number of amides is 1. The number of carbonyl (C=O) groups is 2. The van der Waals surface area contributed by atoms with Gasteiger partial charge in [-0.05, 0) is 37.6 Å². The molecule has 1 amide bonds. The molecule has 0 aliphatic heterocycles. The average molecular weight is 402 g/mol. The molecule has 0 aromatic heterocycles. The minimum atomic E-state index is -1.11. The van der Waals surface area contributed by atoms with E-state index in [0.29, 0.717) is 23.7 Å². The molecule has 0 unspecified atom stereocenters. The van der Waals surface area contributed by atoms with Gasteiger partial charge in [-0.15, -0.1) is 0 Å². The number of nitrogens with zero attached hydrogens (tertiary/aromatic N) is 1. The van der Waals surface area contributed by atoms with Gasteiger partial charge in [-0.1, -0.05) is 12.1 Å². The van der Waals surface area contributed by atoms with Gasteiger partial charge in [0.1, 0.15) is 0 Å². The van der Waals surface area contributed by atoms with Crippen LogP contribution in [-0.4, -0.2) is 35.6 Å². The summed E-state index contributed by atoms with van der Waals surface area (Å²) in [7, 11) is 1.46. The molecule has 1 atom stereocenters. The van der Waals surface area contributed by atoms with Gasteiger partial charge in [-0.3, -0.25) is 19.7 Å². The second kappa shape index (κ2) is 9.54. The van der Waals surface area contributed by atoms with Crippen molar-refractivity contribution in [3.05, 3.63) is 63.2 Å². The lowest BCUT2D eigenvalue weighted by Crippen LogP contribution is -2.30. The van der Waals surface area contributed by atoms with Crippen LogP contribution in [0.25, 0.3) is 0 Å². The summed E-state index contributed by atoms with van der Waals surface area (Å²) in [6, 6.07) is 8.17. The molecule has 9 nitrogen and oxygen atoms in total. The molecule has 0 bridgehead atoms. The molecule has 0 heterocycles. The average Bonchev–Trinajstić information content (AvgIpc) is 2.67. The monoisotopic (exact) mass is 402 g/mol. The summed E-state index contributed by atoms with van der Waals surface area (Å²) in [6.45, 7) is 3.72. The van der Waals surface area contributed by atoms with Gasteiger partial charge < -0.3 is 19.9 Å². The van der Waals surface area contributed by atoms with Gasteiger partial charge >= 0.3 is 5.97 Å². The highest BCUT2D eigenvalue weighted by Crippen LogP contribution is 2.31. The molecule has 2 N–H and O–H groups in total. The van der Waals surface area contributed by atoms with E-state index in [1.165, 1.54) is 32.2 Å². The second-order valence-corrected chi connectivity index (χ2v) is 6.17. The summed E-state index contributed by atoms with van der Waals surface area (Å²) in [5.74, 6) is -0.821. The molecule has 0 radical (unpaired) electrons. The van der Waals surface area contributed by atoms with Crippen molar-refractivity contribution in [3.63, 3.8) is 0 Å². The Kier molecular flexibility index (Phi) is 7.13. The van der Waals surface area contributed by atoms with Crippen molar-refractivity contribution in [1.82, 2.24) is 5.32 Å². The lowest BCUT2D eigenvalue weighted by Gasteiger charge is -2.20. The molecule has 0 saturated heterocycles. The fraction of sp³-hybridized carbons (Fsp3) is 0.300. The quantitative estimate of drug-likeness (QED) is 0.487. The van der Waals surface area contributed by atoms with E-state index in [1.54, 1.807) is 18.2 Å². The summed E-state index contributed by atoms with van der Waals surface area (Å²) in [5.41, 5.74) is 0.625. The number of carboxylic acids is 1. The van der Waals surface area contributed by atoms with Gasteiger partial charge in [0.15, 0.2) is 11.5 Å². The van der Waals surface area contributed by atoms with Gasteiger partial charge in [-0.25, -0.2) is 0 Å². The van der Waals surface area contributed by atoms with E-state index in [4.69, 9.17) is 9.47 Å². The highest BCUT2D eigenvalue weighted by molar-refractivity contribution is 5.97. The molecule has 154 valence electrons. The van der Waals surface area contributed by atoms with Crippen molar-refractivity contribution in [3.8, 4) is 11.5 Å². The Hall–Kier alpha value is -3.62. The lowest BCUT2D eigenvalue weighted by atomic mass is 10.0. The van der Waals surface area contributed by atoms with Crippen molar-refractivity contribution in [2.75, 3.05) is 13.7 Å². The Morgan fingerprint density at radius 2 is 1.97 bits per heavy atom. The number of rotatable bonds is 9. The molecule has 2 aromatic rings. The SMILES string of the molecule is CCOc1ccc([C@@H](CC(=O)O)NC(=O)c2cccc([N+](=O)[O-])c2C)cc1OC. The number of carbonyl (C=O) groups excluding carboxylic acids is 1. The number of hydrogen-bond acceptors (Lipinski definition) is 6. The van der Waals surface area contributed by atoms with E-state index in [-0.39, 0.29) is 23.2 Å². The topological polar surface area (TPSA) is 128 Å². The number of ether oxygens (including phenoxy) is 2. The Morgan fingerprint density at radius 1 is 1.24 bits per heavy atom. The first kappa shape index (κ1) is 21.7.